The summed E-state index contributed by atoms with van der Waals surface area (Å²) in [5, 5.41) is 3.36. The zero-order valence-corrected chi connectivity index (χ0v) is 18.1. The number of hydrogen-bond acceptors (Lipinski definition) is 5. The van der Waals surface area contributed by atoms with Crippen molar-refractivity contribution in [1.82, 2.24) is 19.3 Å². The highest BCUT2D eigenvalue weighted by atomic mass is 16.5. The Labute approximate surface area is 175 Å². The number of ether oxygens (including phenoxy) is 2. The van der Waals surface area contributed by atoms with E-state index in [0.717, 1.165) is 12.0 Å². The maximum atomic E-state index is 13.1. The molecule has 0 aliphatic carbocycles. The van der Waals surface area contributed by atoms with Crippen LogP contribution in [0.1, 0.15) is 42.7 Å². The van der Waals surface area contributed by atoms with Crippen molar-refractivity contribution in [3.8, 4) is 0 Å². The lowest BCUT2D eigenvalue weighted by atomic mass is 10.3. The summed E-state index contributed by atoms with van der Waals surface area (Å²) in [4.78, 5) is 30.7. The molecule has 3 heterocycles. The fourth-order valence-electron chi connectivity index (χ4n) is 3.43. The van der Waals surface area contributed by atoms with E-state index in [2.05, 4.69) is 5.32 Å². The molecule has 3 aromatic heterocycles. The van der Waals surface area contributed by atoms with E-state index >= 15 is 0 Å². The number of nitrogens with one attached hydrogen (secondary N) is 1. The van der Waals surface area contributed by atoms with Crippen molar-refractivity contribution in [2.24, 2.45) is 0 Å². The normalized spacial score (nSPS) is 11.6. The number of fused-ring (bicyclic) bond motifs is 2. The zero-order chi connectivity index (χ0) is 21.7. The van der Waals surface area contributed by atoms with Crippen LogP contribution in [0.25, 0.3) is 16.7 Å². The number of rotatable bonds is 10. The van der Waals surface area contributed by atoms with Crippen LogP contribution in [0.4, 0.5) is 0 Å². The molecule has 0 radical (unpaired) electrons. The van der Waals surface area contributed by atoms with Gasteiger partial charge in [0, 0.05) is 39.6 Å². The molecular weight excluding hydrogens is 384 g/mol. The Balaban J connectivity index is 1.95. The highest BCUT2D eigenvalue weighted by Gasteiger charge is 2.19. The van der Waals surface area contributed by atoms with Crippen LogP contribution in [0.2, 0.25) is 0 Å². The summed E-state index contributed by atoms with van der Waals surface area (Å²) in [7, 11) is 1.64. The molecule has 30 heavy (non-hydrogen) atoms. The van der Waals surface area contributed by atoms with Gasteiger partial charge in [0.25, 0.3) is 11.5 Å². The molecule has 0 aliphatic rings. The van der Waals surface area contributed by atoms with Crippen molar-refractivity contribution in [3.05, 3.63) is 46.0 Å². The molecule has 0 saturated heterocycles. The number of carbonyl (C=O) groups is 1. The average Bonchev–Trinajstić information content (AvgIpc) is 3.08. The summed E-state index contributed by atoms with van der Waals surface area (Å²) in [6.45, 7) is 8.05. The van der Waals surface area contributed by atoms with Crippen molar-refractivity contribution in [2.75, 3.05) is 26.9 Å². The number of hydrogen-bond donors (Lipinski definition) is 1. The molecule has 3 rings (SSSR count). The second-order valence-corrected chi connectivity index (χ2v) is 7.60. The second-order valence-electron chi connectivity index (χ2n) is 7.60. The third-order valence-corrected chi connectivity index (χ3v) is 4.91. The lowest BCUT2D eigenvalue weighted by Crippen LogP contribution is -2.28. The van der Waals surface area contributed by atoms with Crippen molar-refractivity contribution in [1.29, 1.82) is 0 Å². The molecule has 3 aromatic rings. The maximum Gasteiger partial charge on any atom is 0.267 e. The fourth-order valence-corrected chi connectivity index (χ4v) is 3.43. The highest BCUT2D eigenvalue weighted by Crippen LogP contribution is 2.18. The number of aryl methyl sites for hydroxylation is 2. The van der Waals surface area contributed by atoms with E-state index in [0.29, 0.717) is 55.1 Å². The van der Waals surface area contributed by atoms with Gasteiger partial charge in [-0.3, -0.25) is 14.0 Å². The number of carbonyl (C=O) groups excluding carboxylic acids is 1. The largest absolute Gasteiger partial charge is 0.385 e. The lowest BCUT2D eigenvalue weighted by molar-refractivity contribution is 0.0756. The van der Waals surface area contributed by atoms with Gasteiger partial charge in [0.2, 0.25) is 0 Å². The monoisotopic (exact) mass is 414 g/mol. The minimum Gasteiger partial charge on any atom is -0.385 e. The average molecular weight is 415 g/mol. The van der Waals surface area contributed by atoms with Gasteiger partial charge in [-0.15, -0.1) is 0 Å². The van der Waals surface area contributed by atoms with Gasteiger partial charge in [0.1, 0.15) is 17.0 Å². The first kappa shape index (κ1) is 22.0. The third kappa shape index (κ3) is 4.71. The predicted octanol–water partition coefficient (Wildman–Crippen LogP) is 2.54. The molecular formula is C22H30N4O4. The summed E-state index contributed by atoms with van der Waals surface area (Å²) in [5.74, 6) is -0.222. The fraction of sp³-hybridized carbons (Fsp3) is 0.500. The van der Waals surface area contributed by atoms with Gasteiger partial charge >= 0.3 is 0 Å². The summed E-state index contributed by atoms with van der Waals surface area (Å²) in [5.41, 5.74) is 2.28. The first-order valence-electron chi connectivity index (χ1n) is 10.3. The number of nitrogens with zero attached hydrogens (tertiary/aromatic N) is 3. The van der Waals surface area contributed by atoms with Gasteiger partial charge in [-0.1, -0.05) is 6.07 Å². The molecule has 1 amide bonds. The molecule has 0 aliphatic heterocycles. The Morgan fingerprint density at radius 1 is 1.23 bits per heavy atom. The minimum absolute atomic E-state index is 0.167. The van der Waals surface area contributed by atoms with Crippen molar-refractivity contribution in [3.63, 3.8) is 0 Å². The number of methoxy groups -OCH3 is 1. The van der Waals surface area contributed by atoms with E-state index in [-0.39, 0.29) is 17.6 Å². The number of amides is 1. The smallest absolute Gasteiger partial charge is 0.267 e. The van der Waals surface area contributed by atoms with E-state index in [4.69, 9.17) is 14.5 Å². The first-order chi connectivity index (χ1) is 14.4. The van der Waals surface area contributed by atoms with Crippen LogP contribution in [0.5, 0.6) is 0 Å². The van der Waals surface area contributed by atoms with Crippen molar-refractivity contribution < 1.29 is 14.3 Å². The van der Waals surface area contributed by atoms with Crippen LogP contribution in [0.3, 0.4) is 0 Å². The third-order valence-electron chi connectivity index (χ3n) is 4.91. The molecule has 0 aromatic carbocycles. The molecule has 162 valence electrons. The van der Waals surface area contributed by atoms with Crippen LogP contribution >= 0.6 is 0 Å². The van der Waals surface area contributed by atoms with Gasteiger partial charge in [-0.05, 0) is 51.3 Å². The van der Waals surface area contributed by atoms with Crippen LogP contribution < -0.4 is 10.9 Å². The second kappa shape index (κ2) is 9.86. The summed E-state index contributed by atoms with van der Waals surface area (Å²) < 4.78 is 14.0. The molecule has 8 nitrogen and oxygen atoms in total. The summed E-state index contributed by atoms with van der Waals surface area (Å²) in [6.07, 6.45) is 3.30. The topological polar surface area (TPSA) is 86.9 Å². The Morgan fingerprint density at radius 2 is 2.03 bits per heavy atom. The Morgan fingerprint density at radius 3 is 2.77 bits per heavy atom. The number of pyridine rings is 1. The van der Waals surface area contributed by atoms with Gasteiger partial charge in [0.15, 0.2) is 0 Å². The zero-order valence-electron chi connectivity index (χ0n) is 18.1. The van der Waals surface area contributed by atoms with Gasteiger partial charge < -0.3 is 19.4 Å². The van der Waals surface area contributed by atoms with Crippen LogP contribution in [-0.4, -0.2) is 52.8 Å². The Hall–Kier alpha value is -2.71. The van der Waals surface area contributed by atoms with Gasteiger partial charge in [-0.25, -0.2) is 4.98 Å². The quantitative estimate of drug-likeness (QED) is 0.515. The van der Waals surface area contributed by atoms with E-state index in [1.165, 1.54) is 4.40 Å². The lowest BCUT2D eigenvalue weighted by Gasteiger charge is -2.12. The molecule has 0 saturated carbocycles. The molecule has 0 unspecified atom stereocenters. The van der Waals surface area contributed by atoms with Gasteiger partial charge in [0.05, 0.1) is 11.5 Å². The van der Waals surface area contributed by atoms with E-state index < -0.39 is 0 Å². The molecule has 0 fully saturated rings. The Kier molecular flexibility index (Phi) is 7.23. The molecule has 1 N–H and O–H groups in total. The molecule has 0 spiro atoms. The molecule has 0 atom stereocenters. The summed E-state index contributed by atoms with van der Waals surface area (Å²) >= 11 is 0. The molecule has 0 bridgehead atoms. The van der Waals surface area contributed by atoms with E-state index in [9.17, 15) is 9.59 Å². The van der Waals surface area contributed by atoms with E-state index in [1.54, 1.807) is 19.4 Å². The number of aromatic nitrogens is 3. The van der Waals surface area contributed by atoms with Crippen molar-refractivity contribution >= 4 is 22.6 Å². The molecule has 8 heteroatoms. The first-order valence-corrected chi connectivity index (χ1v) is 10.3. The SMILES string of the molecule is COCCCn1c(C(=O)NCCCOC(C)C)cc2c(=O)n3cccc(C)c3nc21. The predicted molar refractivity (Wildman–Crippen MR) is 116 cm³/mol. The minimum atomic E-state index is -0.222. The Bertz CT molecular complexity index is 1080. The highest BCUT2D eigenvalue weighted by molar-refractivity contribution is 5.98. The van der Waals surface area contributed by atoms with E-state index in [1.807, 2.05) is 37.5 Å². The van der Waals surface area contributed by atoms with Crippen molar-refractivity contribution in [2.45, 2.75) is 46.3 Å². The van der Waals surface area contributed by atoms with Gasteiger partial charge in [-0.2, -0.15) is 0 Å². The summed E-state index contributed by atoms with van der Waals surface area (Å²) in [6, 6.07) is 5.38. The maximum absolute atomic E-state index is 13.1. The van der Waals surface area contributed by atoms with Crippen LogP contribution in [-0.2, 0) is 16.0 Å². The van der Waals surface area contributed by atoms with Crippen LogP contribution in [0, 0.1) is 6.92 Å². The van der Waals surface area contributed by atoms with Crippen LogP contribution in [0.15, 0.2) is 29.2 Å². The standard InChI is InChI=1S/C22H30N4O4/c1-15(2)30-13-6-9-23-21(27)18-14-17-20(25(18)11-7-12-29-4)24-19-16(3)8-5-10-26(19)22(17)28/h5,8,10,14-15H,6-7,9,11-13H2,1-4H3,(H,23,27).